The Bertz CT molecular complexity index is 2220. The van der Waals surface area contributed by atoms with Gasteiger partial charge in [-0.25, -0.2) is 19.9 Å². The minimum atomic E-state index is 0. The Balaban J connectivity index is 0.000000200. The van der Waals surface area contributed by atoms with Crippen LogP contribution in [0, 0.1) is 0 Å². The molecule has 8 rings (SSSR count). The van der Waals surface area contributed by atoms with Gasteiger partial charge in [-0.3, -0.25) is 9.59 Å². The highest BCUT2D eigenvalue weighted by Gasteiger charge is 2.25. The lowest BCUT2D eigenvalue weighted by Gasteiger charge is -2.33. The van der Waals surface area contributed by atoms with Crippen LogP contribution in [0.3, 0.4) is 0 Å². The van der Waals surface area contributed by atoms with E-state index in [-0.39, 0.29) is 31.4 Å². The number of anilines is 1. The first kappa shape index (κ1) is 44.4. The standard InChI is InChI=1S/C20H24N4OS.C12H7ClN2OS.C8H18N2.CH4.ClH/c1-12(25)15-5-4-6-16-17(15)18-19(21-11-22-20(18)26-16)23-13-7-9-14(10-8-13)24(2)3;1-6(16)7-3-2-4-8-9(7)10-11(13)14-5-15-12(10)17-8;1-10(2)8-5-3-7(9)4-6-8;;/h4-6,11,13-14H,7-10H2,1-3H3,(H,21,22,23);2-5H,1H3;7-8H,3-6,9H2,1-2H3;1H4;1H. The zero-order valence-corrected chi connectivity index (χ0v) is 35.0. The van der Waals surface area contributed by atoms with E-state index in [0.29, 0.717) is 28.8 Å². The van der Waals surface area contributed by atoms with Crippen molar-refractivity contribution >= 4 is 105 Å². The first-order chi connectivity index (χ1) is 25.4. The number of ketones is 2. The topological polar surface area (TPSA) is 130 Å². The number of nitrogens with zero attached hydrogens (tertiary/aromatic N) is 6. The number of thiophene rings is 2. The summed E-state index contributed by atoms with van der Waals surface area (Å²) < 4.78 is 2.10. The van der Waals surface area contributed by atoms with Crippen LogP contribution in [0.4, 0.5) is 5.82 Å². The number of hydrogen-bond donors (Lipinski definition) is 2. The number of Topliss-reactive ketones (excluding diaryl/α,β-unsaturated/α-hetero) is 2. The van der Waals surface area contributed by atoms with Crippen LogP contribution in [0.25, 0.3) is 40.6 Å². The van der Waals surface area contributed by atoms with Crippen molar-refractivity contribution in [3.05, 3.63) is 65.3 Å². The minimum Gasteiger partial charge on any atom is -0.367 e. The van der Waals surface area contributed by atoms with Crippen molar-refractivity contribution in [2.24, 2.45) is 5.73 Å². The number of benzene rings is 2. The summed E-state index contributed by atoms with van der Waals surface area (Å²) in [6.07, 6.45) is 12.7. The second-order valence-corrected chi connectivity index (χ2v) is 17.0. The molecule has 2 aliphatic carbocycles. The molecular weight excluding hydrogens is 772 g/mol. The molecule has 0 bridgehead atoms. The first-order valence-electron chi connectivity index (χ1n) is 18.3. The average molecular weight is 826 g/mol. The molecule has 0 radical (unpaired) electrons. The molecule has 0 amide bonds. The van der Waals surface area contributed by atoms with Gasteiger partial charge in [0.25, 0.3) is 0 Å². The second kappa shape index (κ2) is 19.7. The maximum absolute atomic E-state index is 12.1. The third-order valence-corrected chi connectivity index (χ3v) is 13.0. The lowest BCUT2D eigenvalue weighted by Crippen LogP contribution is -2.36. The first-order valence-corrected chi connectivity index (χ1v) is 20.3. The van der Waals surface area contributed by atoms with Gasteiger partial charge in [-0.05, 0) is 106 Å². The number of nitrogens with two attached hydrogens (primary N) is 1. The predicted molar refractivity (Wildman–Crippen MR) is 236 cm³/mol. The minimum absolute atomic E-state index is 0. The van der Waals surface area contributed by atoms with Crippen molar-refractivity contribution in [2.75, 3.05) is 33.5 Å². The van der Waals surface area contributed by atoms with Crippen LogP contribution in [0.5, 0.6) is 0 Å². The molecule has 14 heteroatoms. The molecule has 4 heterocycles. The van der Waals surface area contributed by atoms with Gasteiger partial charge in [0.2, 0.25) is 0 Å². The Morgan fingerprint density at radius 2 is 1.15 bits per heavy atom. The third kappa shape index (κ3) is 10.2. The lowest BCUT2D eigenvalue weighted by molar-refractivity contribution is 0.101. The van der Waals surface area contributed by atoms with Gasteiger partial charge in [-0.15, -0.1) is 35.1 Å². The van der Waals surface area contributed by atoms with Crippen molar-refractivity contribution < 1.29 is 9.59 Å². The van der Waals surface area contributed by atoms with E-state index in [1.54, 1.807) is 37.6 Å². The zero-order chi connectivity index (χ0) is 37.8. The molecule has 0 aliphatic heterocycles. The molecule has 296 valence electrons. The van der Waals surface area contributed by atoms with Gasteiger partial charge in [-0.2, -0.15) is 0 Å². The van der Waals surface area contributed by atoms with Gasteiger partial charge in [-0.1, -0.05) is 43.3 Å². The van der Waals surface area contributed by atoms with Crippen molar-refractivity contribution in [2.45, 2.75) is 96.8 Å². The third-order valence-electron chi connectivity index (χ3n) is 10.5. The average Bonchev–Trinajstić information content (AvgIpc) is 3.72. The van der Waals surface area contributed by atoms with Gasteiger partial charge in [0.15, 0.2) is 11.6 Å². The summed E-state index contributed by atoms with van der Waals surface area (Å²) in [4.78, 5) is 47.3. The maximum Gasteiger partial charge on any atom is 0.160 e. The number of carbonyl (C=O) groups is 2. The highest BCUT2D eigenvalue weighted by molar-refractivity contribution is 7.26. The monoisotopic (exact) mass is 824 g/mol. The highest BCUT2D eigenvalue weighted by Crippen LogP contribution is 2.40. The molecular formula is C41H54Cl2N8O2S2. The van der Waals surface area contributed by atoms with E-state index in [1.807, 2.05) is 24.3 Å². The molecule has 3 N–H and O–H groups in total. The molecule has 0 unspecified atom stereocenters. The summed E-state index contributed by atoms with van der Waals surface area (Å²) in [6.45, 7) is 3.17. The molecule has 0 spiro atoms. The van der Waals surface area contributed by atoms with Crippen LogP contribution < -0.4 is 11.1 Å². The fourth-order valence-corrected chi connectivity index (χ4v) is 9.93. The van der Waals surface area contributed by atoms with Gasteiger partial charge >= 0.3 is 0 Å². The predicted octanol–water partition coefficient (Wildman–Crippen LogP) is 9.91. The number of hydrogen-bond acceptors (Lipinski definition) is 12. The largest absolute Gasteiger partial charge is 0.367 e. The van der Waals surface area contributed by atoms with Crippen LogP contribution in [-0.4, -0.2) is 93.7 Å². The number of fused-ring (bicyclic) bond motifs is 6. The Labute approximate surface area is 343 Å². The fourth-order valence-electron chi connectivity index (χ4n) is 7.51. The summed E-state index contributed by atoms with van der Waals surface area (Å²) in [5.41, 5.74) is 7.20. The van der Waals surface area contributed by atoms with E-state index in [9.17, 15) is 9.59 Å². The molecule has 2 aliphatic rings. The fraction of sp³-hybridized carbons (Fsp3) is 0.463. The lowest BCUT2D eigenvalue weighted by atomic mass is 9.90. The van der Waals surface area contributed by atoms with E-state index in [2.05, 4.69) is 69.3 Å². The number of aromatic nitrogens is 4. The second-order valence-electron chi connectivity index (χ2n) is 14.6. The zero-order valence-electron chi connectivity index (χ0n) is 31.8. The van der Waals surface area contributed by atoms with Crippen LogP contribution >= 0.6 is 46.7 Å². The highest BCUT2D eigenvalue weighted by atomic mass is 35.5. The summed E-state index contributed by atoms with van der Waals surface area (Å²) >= 11 is 9.24. The van der Waals surface area contributed by atoms with Crippen molar-refractivity contribution in [3.8, 4) is 0 Å². The van der Waals surface area contributed by atoms with E-state index in [4.69, 9.17) is 17.3 Å². The molecule has 2 saturated carbocycles. The summed E-state index contributed by atoms with van der Waals surface area (Å²) in [6, 6.07) is 13.9. The normalized spacial score (nSPS) is 19.6. The molecule has 6 aromatic rings. The Hall–Kier alpha value is -3.36. The van der Waals surface area contributed by atoms with E-state index >= 15 is 0 Å². The van der Waals surface area contributed by atoms with Crippen molar-refractivity contribution in [1.82, 2.24) is 29.7 Å². The Morgan fingerprint density at radius 1 is 0.691 bits per heavy atom. The summed E-state index contributed by atoms with van der Waals surface area (Å²) in [5, 5.41) is 7.68. The van der Waals surface area contributed by atoms with Crippen LogP contribution in [0.1, 0.15) is 93.4 Å². The van der Waals surface area contributed by atoms with Gasteiger partial charge < -0.3 is 20.9 Å². The summed E-state index contributed by atoms with van der Waals surface area (Å²) in [5.74, 6) is 0.968. The Kier molecular flexibility index (Phi) is 15.9. The van der Waals surface area contributed by atoms with Gasteiger partial charge in [0.1, 0.15) is 33.3 Å². The van der Waals surface area contributed by atoms with Crippen LogP contribution in [0.2, 0.25) is 5.15 Å². The molecule has 55 heavy (non-hydrogen) atoms. The molecule has 2 aromatic carbocycles. The molecule has 0 atom stereocenters. The number of carbonyl (C=O) groups excluding carboxylic acids is 2. The van der Waals surface area contributed by atoms with E-state index in [0.717, 1.165) is 70.9 Å². The smallest absolute Gasteiger partial charge is 0.160 e. The number of nitrogens with one attached hydrogen (secondary N) is 1. The molecule has 4 aromatic heterocycles. The van der Waals surface area contributed by atoms with Crippen LogP contribution in [-0.2, 0) is 0 Å². The number of halogens is 2. The maximum atomic E-state index is 12.1. The van der Waals surface area contributed by atoms with E-state index < -0.39 is 0 Å². The van der Waals surface area contributed by atoms with Crippen LogP contribution in [0.15, 0.2) is 49.1 Å². The van der Waals surface area contributed by atoms with E-state index in [1.165, 1.54) is 56.2 Å². The Morgan fingerprint density at radius 3 is 1.64 bits per heavy atom. The summed E-state index contributed by atoms with van der Waals surface area (Å²) in [7, 11) is 8.63. The molecule has 10 nitrogen and oxygen atoms in total. The quantitative estimate of drug-likeness (QED) is 0.124. The molecule has 0 saturated heterocycles. The number of rotatable bonds is 6. The van der Waals surface area contributed by atoms with Gasteiger partial charge in [0.05, 0.1) is 10.8 Å². The SMILES string of the molecule is C.CC(=O)c1cccc2sc3ncnc(Cl)c3c12.CC(=O)c1cccc2sc3ncnc(NC4CCC(N(C)C)CC4)c3c12.CN(C)C1CCC(N)CC1.Cl. The van der Waals surface area contributed by atoms with Crippen molar-refractivity contribution in [3.63, 3.8) is 0 Å². The molecule has 2 fully saturated rings. The van der Waals surface area contributed by atoms with Gasteiger partial charge in [0, 0.05) is 55.5 Å². The van der Waals surface area contributed by atoms with Crippen molar-refractivity contribution in [1.29, 1.82) is 0 Å².